The van der Waals surface area contributed by atoms with Gasteiger partial charge >= 0.3 is 5.97 Å². The third-order valence-corrected chi connectivity index (χ3v) is 5.58. The van der Waals surface area contributed by atoms with Crippen LogP contribution in [0.2, 0.25) is 0 Å². The molecule has 0 fully saturated rings. The van der Waals surface area contributed by atoms with Gasteiger partial charge in [0.05, 0.1) is 10.3 Å². The molecule has 0 bridgehead atoms. The third-order valence-electron chi connectivity index (χ3n) is 4.67. The van der Waals surface area contributed by atoms with Crippen LogP contribution in [0.5, 0.6) is 0 Å². The molecule has 0 aliphatic carbocycles. The molecule has 0 amide bonds. The second-order valence-electron chi connectivity index (χ2n) is 10.1. The van der Waals surface area contributed by atoms with Crippen molar-refractivity contribution in [2.75, 3.05) is 0 Å². The van der Waals surface area contributed by atoms with Crippen LogP contribution in [0.1, 0.15) is 79.7 Å². The molecule has 0 saturated heterocycles. The Kier molecular flexibility index (Phi) is 7.88. The average molecular weight is 412 g/mol. The molecule has 0 heterocycles. The number of unbranched alkanes of at least 4 members (excludes halogenated alkanes) is 1. The Labute approximate surface area is 171 Å². The van der Waals surface area contributed by atoms with Gasteiger partial charge in [-0.05, 0) is 83.4 Å². The molecule has 2 N–H and O–H groups in total. The van der Waals surface area contributed by atoms with Crippen LogP contribution >= 0.6 is 0 Å². The Morgan fingerprint density at radius 3 is 2.18 bits per heavy atom. The maximum absolute atomic E-state index is 12.5. The summed E-state index contributed by atoms with van der Waals surface area (Å²) in [5.41, 5.74) is -0.0496. The van der Waals surface area contributed by atoms with E-state index in [9.17, 15) is 13.2 Å². The number of hydrogen-bond donors (Lipinski definition) is 1. The Balaban J connectivity index is 2.57. The van der Waals surface area contributed by atoms with Crippen LogP contribution in [0, 0.1) is 10.8 Å². The number of carbonyl (C=O) groups is 1. The van der Waals surface area contributed by atoms with Crippen molar-refractivity contribution in [1.29, 1.82) is 0 Å². The van der Waals surface area contributed by atoms with E-state index >= 15 is 0 Å². The quantitative estimate of drug-likeness (QED) is 0.466. The number of nitrogens with two attached hydrogens (primary N) is 1. The molecule has 160 valence electrons. The maximum Gasteiger partial charge on any atom is 0.312 e. The summed E-state index contributed by atoms with van der Waals surface area (Å²) in [6.07, 6.45) is 4.47. The Morgan fingerprint density at radius 2 is 1.64 bits per heavy atom. The molecule has 1 aromatic carbocycles. The number of carbonyl (C=O) groups excluding carboxylic acids is 1. The lowest BCUT2D eigenvalue weighted by atomic mass is 9.72. The molecule has 0 unspecified atom stereocenters. The average Bonchev–Trinajstić information content (AvgIpc) is 2.48. The number of ether oxygens (including phenoxy) is 1. The molecule has 0 aliphatic rings. The Hall–Kier alpha value is -1.40. The van der Waals surface area contributed by atoms with Gasteiger partial charge in [0, 0.05) is 0 Å². The third kappa shape index (κ3) is 8.74. The molecule has 0 saturated carbocycles. The minimum atomic E-state index is -3.66. The molecule has 5 nitrogen and oxygen atoms in total. The highest BCUT2D eigenvalue weighted by Crippen LogP contribution is 2.39. The van der Waals surface area contributed by atoms with Crippen molar-refractivity contribution in [3.05, 3.63) is 29.8 Å². The second kappa shape index (κ2) is 8.95. The number of esters is 1. The van der Waals surface area contributed by atoms with Gasteiger partial charge in [0.2, 0.25) is 10.0 Å². The number of benzene rings is 1. The summed E-state index contributed by atoms with van der Waals surface area (Å²) in [4.78, 5) is 12.7. The first kappa shape index (κ1) is 24.6. The Morgan fingerprint density at radius 1 is 1.04 bits per heavy atom. The maximum atomic E-state index is 12.5. The minimum Gasteiger partial charge on any atom is -0.460 e. The smallest absolute Gasteiger partial charge is 0.312 e. The number of rotatable bonds is 9. The summed E-state index contributed by atoms with van der Waals surface area (Å²) in [6.45, 7) is 13.9. The predicted molar refractivity (Wildman–Crippen MR) is 113 cm³/mol. The molecule has 0 spiro atoms. The Bertz CT molecular complexity index is 774. The fraction of sp³-hybridized carbons (Fsp3) is 0.682. The van der Waals surface area contributed by atoms with Crippen LogP contribution in [0.15, 0.2) is 29.2 Å². The van der Waals surface area contributed by atoms with E-state index in [1.54, 1.807) is 12.1 Å². The lowest BCUT2D eigenvalue weighted by molar-refractivity contribution is -0.167. The van der Waals surface area contributed by atoms with Gasteiger partial charge in [-0.25, -0.2) is 13.6 Å². The van der Waals surface area contributed by atoms with Crippen LogP contribution in [0.4, 0.5) is 0 Å². The topological polar surface area (TPSA) is 86.5 Å². The van der Waals surface area contributed by atoms with Gasteiger partial charge in [-0.1, -0.05) is 32.4 Å². The van der Waals surface area contributed by atoms with E-state index in [0.717, 1.165) is 37.7 Å². The number of aryl methyl sites for hydroxylation is 1. The first-order valence-electron chi connectivity index (χ1n) is 9.87. The molecular weight excluding hydrogens is 374 g/mol. The van der Waals surface area contributed by atoms with Crippen molar-refractivity contribution in [2.45, 2.75) is 91.1 Å². The molecule has 1 aromatic rings. The van der Waals surface area contributed by atoms with Crippen LogP contribution < -0.4 is 5.14 Å². The SMILES string of the molecule is CC(C)(CCCCc1cccc(S(N)(=O)=O)c1)CC(C)(C)C(=O)OC(C)(C)C. The zero-order valence-corrected chi connectivity index (χ0v) is 19.3. The molecule has 0 atom stereocenters. The summed E-state index contributed by atoms with van der Waals surface area (Å²) >= 11 is 0. The monoisotopic (exact) mass is 411 g/mol. The van der Waals surface area contributed by atoms with E-state index in [1.807, 2.05) is 40.7 Å². The zero-order chi connectivity index (χ0) is 21.8. The van der Waals surface area contributed by atoms with Gasteiger partial charge in [0.15, 0.2) is 0 Å². The highest BCUT2D eigenvalue weighted by molar-refractivity contribution is 7.89. The van der Waals surface area contributed by atoms with Crippen molar-refractivity contribution in [3.8, 4) is 0 Å². The molecule has 0 aliphatic heterocycles. The van der Waals surface area contributed by atoms with Crippen LogP contribution in [-0.4, -0.2) is 20.0 Å². The van der Waals surface area contributed by atoms with E-state index in [-0.39, 0.29) is 16.3 Å². The summed E-state index contributed by atoms with van der Waals surface area (Å²) < 4.78 is 28.5. The van der Waals surface area contributed by atoms with Gasteiger partial charge in [-0.15, -0.1) is 0 Å². The number of hydrogen-bond acceptors (Lipinski definition) is 4. The van der Waals surface area contributed by atoms with Crippen LogP contribution in [0.3, 0.4) is 0 Å². The number of sulfonamides is 1. The molecule has 0 radical (unpaired) electrons. The van der Waals surface area contributed by atoms with Gasteiger partial charge in [-0.2, -0.15) is 0 Å². The first-order chi connectivity index (χ1) is 12.5. The highest BCUT2D eigenvalue weighted by atomic mass is 32.2. The molecule has 28 heavy (non-hydrogen) atoms. The standard InChI is InChI=1S/C22H37NO4S/c1-20(2,3)27-19(24)22(6,7)16-21(4,5)14-9-8-11-17-12-10-13-18(15-17)28(23,25)26/h10,12-13,15H,8-9,11,14,16H2,1-7H3,(H2,23,25,26). The van der Waals surface area contributed by atoms with Crippen molar-refractivity contribution in [1.82, 2.24) is 0 Å². The van der Waals surface area contributed by atoms with Crippen molar-refractivity contribution < 1.29 is 17.9 Å². The summed E-state index contributed by atoms with van der Waals surface area (Å²) in [7, 11) is -3.66. The molecule has 6 heteroatoms. The fourth-order valence-electron chi connectivity index (χ4n) is 3.58. The predicted octanol–water partition coefficient (Wildman–Crippen LogP) is 4.83. The van der Waals surface area contributed by atoms with E-state index < -0.39 is 21.0 Å². The van der Waals surface area contributed by atoms with Gasteiger partial charge in [-0.3, -0.25) is 4.79 Å². The first-order valence-corrected chi connectivity index (χ1v) is 11.4. The molecule has 1 rings (SSSR count). The zero-order valence-electron chi connectivity index (χ0n) is 18.5. The minimum absolute atomic E-state index is 0.00283. The normalized spacial score (nSPS) is 13.4. The largest absolute Gasteiger partial charge is 0.460 e. The summed E-state index contributed by atoms with van der Waals surface area (Å²) in [5, 5.41) is 5.19. The molecular formula is C22H37NO4S. The van der Waals surface area contributed by atoms with Gasteiger partial charge < -0.3 is 4.74 Å². The van der Waals surface area contributed by atoms with Gasteiger partial charge in [0.25, 0.3) is 0 Å². The van der Waals surface area contributed by atoms with Crippen LogP contribution in [-0.2, 0) is 26.0 Å². The summed E-state index contributed by atoms with van der Waals surface area (Å²) in [6, 6.07) is 6.81. The van der Waals surface area contributed by atoms with E-state index in [4.69, 9.17) is 9.88 Å². The molecule has 0 aromatic heterocycles. The fourth-order valence-corrected chi connectivity index (χ4v) is 4.17. The lowest BCUT2D eigenvalue weighted by Crippen LogP contribution is -2.36. The van der Waals surface area contributed by atoms with E-state index in [1.165, 1.54) is 6.07 Å². The number of primary sulfonamides is 1. The lowest BCUT2D eigenvalue weighted by Gasteiger charge is -2.35. The van der Waals surface area contributed by atoms with Gasteiger partial charge in [0.1, 0.15) is 5.60 Å². The van der Waals surface area contributed by atoms with E-state index in [0.29, 0.717) is 0 Å². The van der Waals surface area contributed by atoms with Crippen molar-refractivity contribution in [2.24, 2.45) is 16.0 Å². The van der Waals surface area contributed by atoms with Crippen LogP contribution in [0.25, 0.3) is 0 Å². The van der Waals surface area contributed by atoms with Crippen molar-refractivity contribution >= 4 is 16.0 Å². The van der Waals surface area contributed by atoms with E-state index in [2.05, 4.69) is 13.8 Å². The summed E-state index contributed by atoms with van der Waals surface area (Å²) in [5.74, 6) is -0.159. The second-order valence-corrected chi connectivity index (χ2v) is 11.7. The van der Waals surface area contributed by atoms with Crippen molar-refractivity contribution in [3.63, 3.8) is 0 Å². The highest BCUT2D eigenvalue weighted by Gasteiger charge is 2.37.